The van der Waals surface area contributed by atoms with Gasteiger partial charge >= 0.3 is 19.8 Å². The predicted molar refractivity (Wildman–Crippen MR) is 259 cm³/mol. The summed E-state index contributed by atoms with van der Waals surface area (Å²) in [5, 5.41) is 78.4. The molecule has 388 valence electrons. The molecule has 8 N–H and O–H groups in total. The summed E-state index contributed by atoms with van der Waals surface area (Å²) in [5.74, 6) is -5.16. The number of esters is 2. The Balaban J connectivity index is 2.07. The molecule has 2 bridgehead atoms. The minimum atomic E-state index is -5.47. The minimum absolute atomic E-state index is 0.0831. The van der Waals surface area contributed by atoms with Crippen molar-refractivity contribution in [2.45, 2.75) is 204 Å². The number of fused-ring (bicyclic) bond motifs is 4. The Kier molecular flexibility index (Phi) is 32.2. The molecule has 0 spiro atoms. The van der Waals surface area contributed by atoms with Gasteiger partial charge in [-0.15, -0.1) is 0 Å². The molecule has 1 fully saturated rings. The van der Waals surface area contributed by atoms with Gasteiger partial charge in [-0.3, -0.25) is 23.4 Å². The summed E-state index contributed by atoms with van der Waals surface area (Å²) in [6, 6.07) is 0. The first-order valence-corrected chi connectivity index (χ1v) is 26.3. The van der Waals surface area contributed by atoms with E-state index in [4.69, 9.17) is 18.5 Å². The van der Waals surface area contributed by atoms with Crippen LogP contribution in [0.4, 0.5) is 0 Å². The lowest BCUT2D eigenvalue weighted by Crippen LogP contribution is -2.55. The van der Waals surface area contributed by atoms with Crippen molar-refractivity contribution in [3.05, 3.63) is 72.9 Å². The highest BCUT2D eigenvalue weighted by Gasteiger charge is 2.49. The van der Waals surface area contributed by atoms with Crippen LogP contribution in [0.2, 0.25) is 0 Å². The first-order chi connectivity index (χ1) is 32.6. The Morgan fingerprint density at radius 1 is 0.794 bits per heavy atom. The number of aliphatic hydroxyl groups excluding tert-OH is 7. The van der Waals surface area contributed by atoms with Gasteiger partial charge in [0, 0.05) is 25.2 Å². The highest BCUT2D eigenvalue weighted by atomic mass is 31.2. The third-order valence-corrected chi connectivity index (χ3v) is 12.9. The number of unbranched alkanes of at least 4 members (excludes halogenated alkanes) is 8. The fourth-order valence-corrected chi connectivity index (χ4v) is 8.78. The van der Waals surface area contributed by atoms with Crippen molar-refractivity contribution in [3.8, 4) is 0 Å². The Morgan fingerprint density at radius 2 is 1.43 bits per heavy atom. The zero-order chi connectivity index (χ0) is 50.2. The lowest BCUT2D eigenvalue weighted by Gasteiger charge is -2.36. The Labute approximate surface area is 404 Å². The van der Waals surface area contributed by atoms with Crippen LogP contribution in [0.25, 0.3) is 0 Å². The minimum Gasteiger partial charge on any atom is -0.462 e. The molecule has 12 atom stereocenters. The van der Waals surface area contributed by atoms with E-state index < -0.39 is 112 Å². The summed E-state index contributed by atoms with van der Waals surface area (Å²) < 4.78 is 34.6. The predicted octanol–water partition coefficient (Wildman–Crippen LogP) is 6.87. The fourth-order valence-electron chi connectivity index (χ4n) is 7.81. The monoisotopic (exact) mass is 983 g/mol. The van der Waals surface area contributed by atoms with E-state index in [0.717, 1.165) is 83.1 Å². The van der Waals surface area contributed by atoms with E-state index in [1.54, 1.807) is 12.2 Å². The molecule has 0 radical (unpaired) electrons. The van der Waals surface area contributed by atoms with Crippen LogP contribution >= 0.6 is 7.82 Å². The third-order valence-electron chi connectivity index (χ3n) is 11.9. The van der Waals surface area contributed by atoms with Gasteiger partial charge in [-0.1, -0.05) is 132 Å². The number of phosphoric acid groups is 1. The van der Waals surface area contributed by atoms with Crippen molar-refractivity contribution < 1.29 is 78.1 Å². The van der Waals surface area contributed by atoms with Crippen LogP contribution in [0.1, 0.15) is 149 Å². The van der Waals surface area contributed by atoms with Crippen molar-refractivity contribution in [1.82, 2.24) is 0 Å². The summed E-state index contributed by atoms with van der Waals surface area (Å²) >= 11 is 0. The van der Waals surface area contributed by atoms with Crippen molar-refractivity contribution in [3.63, 3.8) is 0 Å². The van der Waals surface area contributed by atoms with Gasteiger partial charge < -0.3 is 50.1 Å². The van der Waals surface area contributed by atoms with Gasteiger partial charge in [-0.05, 0) is 70.6 Å². The SMILES string of the molecule is CC/C=C\C/C=C\C/C=C\C/C=C\CCCCCCCCC(=O)OC[C@@H]1COP(=O)(O)O[C@H]2[C@H](O)[C@@H](O)[C@H](O)[C@@H](C/C=C\CCCC(=O)O1)[C@@H](O)CC(=O)[C@H](/C=C/[C@@H](O)CCCCC)[C@@H](O)[C@H]2O. The number of aliphatic hydroxyl groups is 7. The molecule has 0 aromatic heterocycles. The van der Waals surface area contributed by atoms with Crippen LogP contribution in [0.15, 0.2) is 72.9 Å². The number of phosphoric ester groups is 1. The lowest BCUT2D eigenvalue weighted by atomic mass is 9.83. The second-order valence-electron chi connectivity index (χ2n) is 17.7. The first-order valence-electron chi connectivity index (χ1n) is 24.8. The second-order valence-corrected chi connectivity index (χ2v) is 19.1. The van der Waals surface area contributed by atoms with Crippen LogP contribution < -0.4 is 0 Å². The molecule has 1 saturated carbocycles. The Morgan fingerprint density at radius 3 is 2.10 bits per heavy atom. The smallest absolute Gasteiger partial charge is 0.462 e. The number of ketones is 1. The molecule has 1 aliphatic heterocycles. The lowest BCUT2D eigenvalue weighted by molar-refractivity contribution is -0.166. The highest BCUT2D eigenvalue weighted by Crippen LogP contribution is 2.47. The fraction of sp³-hybridized carbons (Fsp3) is 0.706. The van der Waals surface area contributed by atoms with E-state index in [1.165, 1.54) is 6.08 Å². The van der Waals surface area contributed by atoms with Crippen molar-refractivity contribution >= 4 is 25.5 Å². The summed E-state index contributed by atoms with van der Waals surface area (Å²) in [5.41, 5.74) is 0. The van der Waals surface area contributed by atoms with Gasteiger partial charge in [-0.2, -0.15) is 0 Å². The Hall–Kier alpha value is -3.12. The molecule has 16 nitrogen and oxygen atoms in total. The summed E-state index contributed by atoms with van der Waals surface area (Å²) in [6.07, 6.45) is 17.8. The molecule has 1 heterocycles. The maximum absolute atomic E-state index is 13.7. The quantitative estimate of drug-likeness (QED) is 0.0212. The molecular formula is C51H83O16P. The van der Waals surface area contributed by atoms with Crippen LogP contribution in [-0.4, -0.2) is 127 Å². The normalized spacial score (nSPS) is 30.9. The number of carbonyl (C=O) groups is 3. The number of hydrogen-bond donors (Lipinski definition) is 8. The van der Waals surface area contributed by atoms with E-state index in [9.17, 15) is 59.6 Å². The van der Waals surface area contributed by atoms with Gasteiger partial charge in [0.25, 0.3) is 0 Å². The van der Waals surface area contributed by atoms with Crippen LogP contribution in [-0.2, 0) is 37.5 Å². The average molecular weight is 983 g/mol. The molecule has 0 aromatic carbocycles. The van der Waals surface area contributed by atoms with Crippen LogP contribution in [0, 0.1) is 11.8 Å². The van der Waals surface area contributed by atoms with Crippen molar-refractivity contribution in [2.24, 2.45) is 11.8 Å². The topological polar surface area (TPSA) is 267 Å². The number of hydrogen-bond acceptors (Lipinski definition) is 15. The standard InChI is InChI=1S/C51H83O16P/c1-3-5-7-8-9-10-11-12-13-14-15-16-17-18-19-20-21-22-27-31-44(55)64-36-39-37-65-68(62,63)67-51-49(60)47(58)41(34-33-38(52)29-25-6-4-2)43(54)35-42(53)40(46(57)48(59)50(51)61)30-26-23-24-28-32-45(56)66-39/h5,7,9-10,12-13,15-16,23,26,33-34,38-42,46-53,57-61H,3-4,6,8,11,14,17-22,24-25,27-32,35-37H2,1-2H3,(H,62,63)/b7-5-,10-9-,13-12-,16-15-,26-23-,34-33+/t38-,39+,40-,41-,42-,46+,47+,48-,49+,50+,51+/m0/s1. The van der Waals surface area contributed by atoms with Crippen molar-refractivity contribution in [2.75, 3.05) is 13.2 Å². The van der Waals surface area contributed by atoms with Gasteiger partial charge in [0.15, 0.2) is 6.10 Å². The number of carbonyl (C=O) groups excluding carboxylic acids is 3. The number of allylic oxidation sites excluding steroid dienone is 10. The van der Waals surface area contributed by atoms with Crippen LogP contribution in [0.5, 0.6) is 0 Å². The maximum atomic E-state index is 13.7. The first kappa shape index (κ1) is 61.0. The van der Waals surface area contributed by atoms with E-state index in [-0.39, 0.29) is 25.7 Å². The molecule has 17 heteroatoms. The zero-order valence-electron chi connectivity index (χ0n) is 40.3. The molecule has 0 aromatic rings. The molecule has 0 saturated heterocycles. The second kappa shape index (κ2) is 35.9. The summed E-state index contributed by atoms with van der Waals surface area (Å²) in [6.45, 7) is 2.67. The van der Waals surface area contributed by atoms with Gasteiger partial charge in [0.2, 0.25) is 0 Å². The van der Waals surface area contributed by atoms with Gasteiger partial charge in [-0.25, -0.2) is 4.57 Å². The largest absolute Gasteiger partial charge is 0.472 e. The van der Waals surface area contributed by atoms with E-state index in [2.05, 4.69) is 55.5 Å². The number of ether oxygens (including phenoxy) is 2. The summed E-state index contributed by atoms with van der Waals surface area (Å²) in [7, 11) is -5.47. The van der Waals surface area contributed by atoms with Crippen molar-refractivity contribution in [1.29, 1.82) is 0 Å². The number of Topliss-reactive ketones (excluding diaryl/α,β-unsaturated/α-hetero) is 1. The van der Waals surface area contributed by atoms with E-state index in [0.29, 0.717) is 25.7 Å². The van der Waals surface area contributed by atoms with Gasteiger partial charge in [0.1, 0.15) is 36.8 Å². The summed E-state index contributed by atoms with van der Waals surface area (Å²) in [4.78, 5) is 50.1. The molecule has 68 heavy (non-hydrogen) atoms. The van der Waals surface area contributed by atoms with Crippen LogP contribution in [0.3, 0.4) is 0 Å². The molecule has 1 aliphatic carbocycles. The Bertz CT molecular complexity index is 1640. The molecule has 0 amide bonds. The highest BCUT2D eigenvalue weighted by molar-refractivity contribution is 7.47. The molecule has 2 aliphatic rings. The maximum Gasteiger partial charge on any atom is 0.472 e. The molecular weight excluding hydrogens is 900 g/mol. The van der Waals surface area contributed by atoms with E-state index in [1.807, 2.05) is 6.92 Å². The molecule has 1 unspecified atom stereocenters. The number of rotatable bonds is 24. The van der Waals surface area contributed by atoms with Gasteiger partial charge in [0.05, 0.1) is 36.9 Å². The zero-order valence-corrected chi connectivity index (χ0v) is 41.2. The third kappa shape index (κ3) is 25.7. The average Bonchev–Trinajstić information content (AvgIpc) is 3.31. The number of cyclic esters (lactones) is 1. The van der Waals surface area contributed by atoms with E-state index >= 15 is 0 Å². The molecule has 2 rings (SSSR count).